The van der Waals surface area contributed by atoms with Crippen molar-refractivity contribution in [3.05, 3.63) is 63.3 Å². The van der Waals surface area contributed by atoms with Crippen LogP contribution in [-0.2, 0) is 4.79 Å². The minimum atomic E-state index is 0.0961. The molecule has 3 rings (SSSR count). The zero-order valence-corrected chi connectivity index (χ0v) is 15.0. The van der Waals surface area contributed by atoms with Crippen molar-refractivity contribution >= 4 is 46.7 Å². The Labute approximate surface area is 150 Å². The summed E-state index contributed by atoms with van der Waals surface area (Å²) in [6, 6.07) is 12.0. The minimum Gasteiger partial charge on any atom is -0.338 e. The quantitative estimate of drug-likeness (QED) is 0.705. The molecule has 1 aliphatic rings. The fourth-order valence-corrected chi connectivity index (χ4v) is 4.84. The third-order valence-corrected chi connectivity index (χ3v) is 6.33. The summed E-state index contributed by atoms with van der Waals surface area (Å²) >= 11 is 9.84. The lowest BCUT2D eigenvalue weighted by Crippen LogP contribution is -2.31. The molecule has 0 radical (unpaired) electrons. The Morgan fingerprint density at radius 2 is 2.09 bits per heavy atom. The fourth-order valence-electron chi connectivity index (χ4n) is 2.62. The summed E-state index contributed by atoms with van der Waals surface area (Å²) in [6.45, 7) is 1.57. The van der Waals surface area contributed by atoms with E-state index in [4.69, 9.17) is 11.6 Å². The molecule has 0 N–H and O–H groups in total. The Hall–Kier alpha value is -1.23. The highest BCUT2D eigenvalue weighted by atomic mass is 35.5. The first-order valence-electron chi connectivity index (χ1n) is 7.60. The highest BCUT2D eigenvalue weighted by Crippen LogP contribution is 2.37. The van der Waals surface area contributed by atoms with E-state index >= 15 is 0 Å². The maximum Gasteiger partial charge on any atom is 0.246 e. The van der Waals surface area contributed by atoms with Crippen molar-refractivity contribution in [1.82, 2.24) is 4.90 Å². The molecule has 0 aliphatic carbocycles. The summed E-state index contributed by atoms with van der Waals surface area (Å²) in [5.41, 5.74) is 1.18. The van der Waals surface area contributed by atoms with E-state index in [9.17, 15) is 4.79 Å². The molecular formula is C18H18ClNOS2. The summed E-state index contributed by atoms with van der Waals surface area (Å²) in [7, 11) is 0. The van der Waals surface area contributed by atoms with E-state index in [1.807, 2.05) is 58.4 Å². The van der Waals surface area contributed by atoms with Gasteiger partial charge in [-0.05, 0) is 35.6 Å². The average molecular weight is 364 g/mol. The Morgan fingerprint density at radius 1 is 1.22 bits per heavy atom. The van der Waals surface area contributed by atoms with Crippen LogP contribution in [0.1, 0.15) is 22.1 Å². The number of carbonyl (C=O) groups excluding carboxylic acids is 1. The number of thioether (sulfide) groups is 1. The molecule has 23 heavy (non-hydrogen) atoms. The zero-order valence-electron chi connectivity index (χ0n) is 12.7. The number of thiophene rings is 1. The van der Waals surface area contributed by atoms with Crippen molar-refractivity contribution in [2.75, 3.05) is 18.8 Å². The predicted octanol–water partition coefficient (Wildman–Crippen LogP) is 5.12. The van der Waals surface area contributed by atoms with Gasteiger partial charge < -0.3 is 4.90 Å². The molecule has 1 aliphatic heterocycles. The molecule has 1 unspecified atom stereocenters. The number of carbonyl (C=O) groups is 1. The van der Waals surface area contributed by atoms with E-state index in [1.165, 1.54) is 5.56 Å². The summed E-state index contributed by atoms with van der Waals surface area (Å²) in [6.07, 6.45) is 4.52. The summed E-state index contributed by atoms with van der Waals surface area (Å²) < 4.78 is 0. The van der Waals surface area contributed by atoms with Gasteiger partial charge >= 0.3 is 0 Å². The molecule has 1 aromatic carbocycles. The van der Waals surface area contributed by atoms with Crippen molar-refractivity contribution in [3.63, 3.8) is 0 Å². The molecule has 2 aromatic rings. The number of rotatable bonds is 3. The van der Waals surface area contributed by atoms with E-state index in [0.29, 0.717) is 5.25 Å². The van der Waals surface area contributed by atoms with E-state index in [-0.39, 0.29) is 5.91 Å². The van der Waals surface area contributed by atoms with Gasteiger partial charge in [-0.25, -0.2) is 0 Å². The summed E-state index contributed by atoms with van der Waals surface area (Å²) in [5, 5.41) is 3.20. The zero-order chi connectivity index (χ0) is 16.1. The Bertz CT molecular complexity index is 684. The number of hydrogen-bond acceptors (Lipinski definition) is 3. The molecule has 0 saturated carbocycles. The smallest absolute Gasteiger partial charge is 0.246 e. The molecular weight excluding hydrogens is 346 g/mol. The van der Waals surface area contributed by atoms with Gasteiger partial charge in [-0.15, -0.1) is 11.3 Å². The lowest BCUT2D eigenvalue weighted by Gasteiger charge is -2.18. The molecule has 1 amide bonds. The van der Waals surface area contributed by atoms with Crippen LogP contribution in [0.5, 0.6) is 0 Å². The monoisotopic (exact) mass is 363 g/mol. The number of amides is 1. The van der Waals surface area contributed by atoms with Crippen molar-refractivity contribution < 1.29 is 4.79 Å². The molecule has 2 heterocycles. The largest absolute Gasteiger partial charge is 0.338 e. The molecule has 0 spiro atoms. The van der Waals surface area contributed by atoms with Crippen molar-refractivity contribution in [3.8, 4) is 0 Å². The molecule has 1 saturated heterocycles. The third-order valence-electron chi connectivity index (χ3n) is 3.84. The topological polar surface area (TPSA) is 20.3 Å². The molecule has 1 aromatic heterocycles. The van der Waals surface area contributed by atoms with Gasteiger partial charge in [0.05, 0.1) is 0 Å². The normalized spacial score (nSPS) is 19.0. The van der Waals surface area contributed by atoms with E-state index < -0.39 is 0 Å². The minimum absolute atomic E-state index is 0.0961. The Balaban J connectivity index is 1.62. The molecule has 5 heteroatoms. The van der Waals surface area contributed by atoms with Crippen molar-refractivity contribution in [1.29, 1.82) is 0 Å². The Morgan fingerprint density at radius 3 is 2.87 bits per heavy atom. The van der Waals surface area contributed by atoms with E-state index in [2.05, 4.69) is 6.07 Å². The second-order valence-electron chi connectivity index (χ2n) is 5.34. The van der Waals surface area contributed by atoms with Gasteiger partial charge in [0.15, 0.2) is 0 Å². The first-order valence-corrected chi connectivity index (χ1v) is 9.91. The maximum absolute atomic E-state index is 12.4. The van der Waals surface area contributed by atoms with Crippen LogP contribution in [-0.4, -0.2) is 29.6 Å². The van der Waals surface area contributed by atoms with Crippen LogP contribution in [0.25, 0.3) is 6.08 Å². The number of nitrogens with zero attached hydrogens (tertiary/aromatic N) is 1. The van der Waals surface area contributed by atoms with Gasteiger partial charge in [-0.1, -0.05) is 35.9 Å². The SMILES string of the molecule is O=C(/C=C/c1cccs1)N1CCSC(c2ccccc2Cl)CC1. The fraction of sp³-hybridized carbons (Fsp3) is 0.278. The standard InChI is InChI=1S/C18H18ClNOS2/c19-16-6-2-1-5-15(16)17-9-10-20(11-13-23-17)18(21)8-7-14-4-3-12-22-14/h1-8,12,17H,9-11,13H2/b8-7+. The number of hydrogen-bond donors (Lipinski definition) is 0. The average Bonchev–Trinajstić information content (AvgIpc) is 2.96. The number of halogens is 1. The first-order chi connectivity index (χ1) is 11.2. The van der Waals surface area contributed by atoms with Crippen LogP contribution in [0.4, 0.5) is 0 Å². The predicted molar refractivity (Wildman–Crippen MR) is 101 cm³/mol. The van der Waals surface area contributed by atoms with Gasteiger partial charge in [0, 0.05) is 40.1 Å². The van der Waals surface area contributed by atoms with Gasteiger partial charge in [-0.2, -0.15) is 11.8 Å². The molecule has 2 nitrogen and oxygen atoms in total. The maximum atomic E-state index is 12.4. The lowest BCUT2D eigenvalue weighted by molar-refractivity contribution is -0.125. The van der Waals surface area contributed by atoms with Crippen molar-refractivity contribution in [2.45, 2.75) is 11.7 Å². The second kappa shape index (κ2) is 8.04. The first kappa shape index (κ1) is 16.6. The second-order valence-corrected chi connectivity index (χ2v) is 8.04. The Kier molecular flexibility index (Phi) is 5.81. The summed E-state index contributed by atoms with van der Waals surface area (Å²) in [5.74, 6) is 1.04. The molecule has 1 atom stereocenters. The van der Waals surface area contributed by atoms with Gasteiger partial charge in [0.2, 0.25) is 5.91 Å². The van der Waals surface area contributed by atoms with Crippen LogP contribution in [0.15, 0.2) is 47.9 Å². The summed E-state index contributed by atoms with van der Waals surface area (Å²) in [4.78, 5) is 15.4. The van der Waals surface area contributed by atoms with Crippen LogP contribution >= 0.6 is 34.7 Å². The van der Waals surface area contributed by atoms with Crippen LogP contribution in [0.3, 0.4) is 0 Å². The highest BCUT2D eigenvalue weighted by molar-refractivity contribution is 7.99. The molecule has 1 fully saturated rings. The molecule has 120 valence electrons. The highest BCUT2D eigenvalue weighted by Gasteiger charge is 2.22. The van der Waals surface area contributed by atoms with Gasteiger partial charge in [0.25, 0.3) is 0 Å². The van der Waals surface area contributed by atoms with Crippen molar-refractivity contribution in [2.24, 2.45) is 0 Å². The van der Waals surface area contributed by atoms with E-state index in [1.54, 1.807) is 17.4 Å². The van der Waals surface area contributed by atoms with E-state index in [0.717, 1.165) is 35.2 Å². The van der Waals surface area contributed by atoms with Crippen LogP contribution in [0.2, 0.25) is 5.02 Å². The lowest BCUT2D eigenvalue weighted by atomic mass is 10.1. The third kappa shape index (κ3) is 4.40. The number of benzene rings is 1. The molecule has 0 bridgehead atoms. The van der Waals surface area contributed by atoms with Gasteiger partial charge in [0.1, 0.15) is 0 Å². The van der Waals surface area contributed by atoms with Gasteiger partial charge in [-0.3, -0.25) is 4.79 Å². The van der Waals surface area contributed by atoms with Crippen LogP contribution in [0, 0.1) is 0 Å². The van der Waals surface area contributed by atoms with Crippen LogP contribution < -0.4 is 0 Å².